The summed E-state index contributed by atoms with van der Waals surface area (Å²) < 4.78 is 50.5. The number of carbonyl (C=O) groups is 3. The van der Waals surface area contributed by atoms with E-state index in [0.717, 1.165) is 12.1 Å². The van der Waals surface area contributed by atoms with Gasteiger partial charge >= 0.3 is 12.1 Å². The fourth-order valence-corrected chi connectivity index (χ4v) is 5.17. The van der Waals surface area contributed by atoms with Gasteiger partial charge in [0.15, 0.2) is 0 Å². The highest BCUT2D eigenvalue weighted by molar-refractivity contribution is 5.96. The lowest BCUT2D eigenvalue weighted by Crippen LogP contribution is -2.57. The summed E-state index contributed by atoms with van der Waals surface area (Å²) >= 11 is 0. The minimum absolute atomic E-state index is 0.0583. The van der Waals surface area contributed by atoms with Crippen LogP contribution >= 0.6 is 0 Å². The van der Waals surface area contributed by atoms with Crippen molar-refractivity contribution in [2.45, 2.75) is 83.8 Å². The second kappa shape index (κ2) is 11.1. The van der Waals surface area contributed by atoms with Crippen molar-refractivity contribution >= 4 is 23.5 Å². The number of halogens is 3. The molecular weight excluding hydrogens is 503 g/mol. The van der Waals surface area contributed by atoms with Gasteiger partial charge < -0.3 is 25.0 Å². The third-order valence-corrected chi connectivity index (χ3v) is 7.36. The van der Waals surface area contributed by atoms with E-state index in [0.29, 0.717) is 19.4 Å². The monoisotopic (exact) mass is 541 g/mol. The number of anilines is 1. The van der Waals surface area contributed by atoms with Crippen molar-refractivity contribution in [3.63, 3.8) is 0 Å². The van der Waals surface area contributed by atoms with Gasteiger partial charge in [-0.3, -0.25) is 9.59 Å². The zero-order valence-corrected chi connectivity index (χ0v) is 22.8. The smallest absolute Gasteiger partial charge is 0.416 e. The molecule has 5 unspecified atom stereocenters. The van der Waals surface area contributed by atoms with Gasteiger partial charge in [0.25, 0.3) is 0 Å². The van der Waals surface area contributed by atoms with E-state index in [1.807, 2.05) is 13.8 Å². The van der Waals surface area contributed by atoms with Crippen molar-refractivity contribution in [3.05, 3.63) is 29.8 Å². The molecule has 0 radical (unpaired) electrons. The van der Waals surface area contributed by atoms with Crippen LogP contribution in [0.25, 0.3) is 0 Å². The van der Waals surface area contributed by atoms with E-state index in [1.165, 1.54) is 24.1 Å². The van der Waals surface area contributed by atoms with Crippen molar-refractivity contribution in [2.24, 2.45) is 11.3 Å². The van der Waals surface area contributed by atoms with E-state index >= 15 is 0 Å². The summed E-state index contributed by atoms with van der Waals surface area (Å²) in [5, 5.41) is 5.83. The molecule has 11 heteroatoms. The number of esters is 1. The van der Waals surface area contributed by atoms with Crippen molar-refractivity contribution in [1.29, 1.82) is 0 Å². The highest BCUT2D eigenvalue weighted by atomic mass is 19.4. The van der Waals surface area contributed by atoms with Gasteiger partial charge in [-0.1, -0.05) is 40.2 Å². The van der Waals surface area contributed by atoms with Gasteiger partial charge in [-0.25, -0.2) is 4.79 Å². The maximum atomic E-state index is 13.9. The number of benzene rings is 1. The normalized spacial score (nSPS) is 26.0. The van der Waals surface area contributed by atoms with Crippen LogP contribution in [0.2, 0.25) is 0 Å². The largest absolute Gasteiger partial charge is 0.467 e. The van der Waals surface area contributed by atoms with E-state index in [1.54, 1.807) is 20.8 Å². The molecule has 5 atom stereocenters. The number of hydrogen-bond acceptors (Lipinski definition) is 6. The molecule has 38 heavy (non-hydrogen) atoms. The summed E-state index contributed by atoms with van der Waals surface area (Å²) in [6, 6.07) is 2.81. The Morgan fingerprint density at radius 2 is 1.87 bits per heavy atom. The van der Waals surface area contributed by atoms with Crippen LogP contribution in [0.3, 0.4) is 0 Å². The predicted octanol–water partition coefficient (Wildman–Crippen LogP) is 4.00. The topological polar surface area (TPSA) is 97.0 Å². The van der Waals surface area contributed by atoms with Crippen LogP contribution in [0.5, 0.6) is 0 Å². The van der Waals surface area contributed by atoms with Crippen LogP contribution in [0.15, 0.2) is 24.3 Å². The summed E-state index contributed by atoms with van der Waals surface area (Å²) in [7, 11) is 1.27. The number of hydrogen-bond donors (Lipinski definition) is 2. The minimum Gasteiger partial charge on any atom is -0.467 e. The van der Waals surface area contributed by atoms with Gasteiger partial charge in [0, 0.05) is 25.3 Å². The Kier molecular flexibility index (Phi) is 8.70. The Bertz CT molecular complexity index is 1040. The number of amides is 2. The van der Waals surface area contributed by atoms with Gasteiger partial charge in [-0.2, -0.15) is 13.2 Å². The molecule has 1 aliphatic carbocycles. The van der Waals surface area contributed by atoms with Crippen molar-refractivity contribution in [2.75, 3.05) is 25.6 Å². The van der Waals surface area contributed by atoms with Crippen LogP contribution in [0, 0.1) is 11.3 Å². The van der Waals surface area contributed by atoms with Crippen molar-refractivity contribution < 1.29 is 37.0 Å². The SMILES string of the molecule is CCOC1CC(C(=O)NC2(C(=O)OC)CC2CC)N(C(=O)C(Nc2cccc(C(F)(F)F)c2)C(C)(C)C)C1. The lowest BCUT2D eigenvalue weighted by Gasteiger charge is -2.36. The Morgan fingerprint density at radius 1 is 1.18 bits per heavy atom. The van der Waals surface area contributed by atoms with Crippen LogP contribution in [-0.4, -0.2) is 66.7 Å². The number of likely N-dealkylation sites (tertiary alicyclic amines) is 1. The second-order valence-corrected chi connectivity index (χ2v) is 11.1. The van der Waals surface area contributed by atoms with Gasteiger partial charge in [0.05, 0.1) is 18.8 Å². The molecule has 1 aromatic rings. The van der Waals surface area contributed by atoms with Gasteiger partial charge in [-0.05, 0) is 42.9 Å². The number of carbonyl (C=O) groups excluding carboxylic acids is 3. The zero-order chi connectivity index (χ0) is 28.5. The van der Waals surface area contributed by atoms with Crippen LogP contribution in [0.4, 0.5) is 18.9 Å². The fraction of sp³-hybridized carbons (Fsp3) is 0.667. The fourth-order valence-electron chi connectivity index (χ4n) is 5.17. The molecule has 1 saturated heterocycles. The van der Waals surface area contributed by atoms with E-state index in [4.69, 9.17) is 9.47 Å². The molecule has 1 aromatic carbocycles. The van der Waals surface area contributed by atoms with E-state index in [9.17, 15) is 27.6 Å². The number of nitrogens with one attached hydrogen (secondary N) is 2. The molecule has 2 aliphatic rings. The number of rotatable bonds is 9. The number of methoxy groups -OCH3 is 1. The maximum absolute atomic E-state index is 13.9. The third kappa shape index (κ3) is 6.24. The van der Waals surface area contributed by atoms with Gasteiger partial charge in [0.1, 0.15) is 17.6 Å². The van der Waals surface area contributed by atoms with Crippen molar-refractivity contribution in [1.82, 2.24) is 10.2 Å². The summed E-state index contributed by atoms with van der Waals surface area (Å²) in [4.78, 5) is 41.4. The number of ether oxygens (including phenoxy) is 2. The zero-order valence-electron chi connectivity index (χ0n) is 22.8. The average Bonchev–Trinajstić information content (AvgIpc) is 3.39. The highest BCUT2D eigenvalue weighted by Gasteiger charge is 2.62. The molecular formula is C27H38F3N3O5. The highest BCUT2D eigenvalue weighted by Crippen LogP contribution is 2.47. The van der Waals surface area contributed by atoms with Gasteiger partial charge in [-0.15, -0.1) is 0 Å². The number of alkyl halides is 3. The molecule has 0 aromatic heterocycles. The predicted molar refractivity (Wildman–Crippen MR) is 135 cm³/mol. The quantitative estimate of drug-likeness (QED) is 0.459. The molecule has 1 saturated carbocycles. The molecule has 0 bridgehead atoms. The third-order valence-electron chi connectivity index (χ3n) is 7.36. The lowest BCUT2D eigenvalue weighted by molar-refractivity contribution is -0.148. The standard InChI is InChI=1S/C27H38F3N3O5/c1-7-16-14-26(16,24(36)37-6)32-22(34)20-13-19(38-8-2)15-33(20)23(35)21(25(3,4)5)31-18-11-9-10-17(12-18)27(28,29)30/h9-12,16,19-21,31H,7-8,13-15H2,1-6H3,(H,32,34). The average molecular weight is 542 g/mol. The molecule has 0 spiro atoms. The van der Waals surface area contributed by atoms with E-state index < -0.39 is 58.7 Å². The van der Waals surface area contributed by atoms with Gasteiger partial charge in [0.2, 0.25) is 11.8 Å². The Hall–Kier alpha value is -2.82. The minimum atomic E-state index is -4.53. The summed E-state index contributed by atoms with van der Waals surface area (Å²) in [5.41, 5.74) is -2.52. The maximum Gasteiger partial charge on any atom is 0.416 e. The lowest BCUT2D eigenvalue weighted by atomic mass is 9.85. The molecule has 3 rings (SSSR count). The first kappa shape index (κ1) is 29.7. The first-order valence-corrected chi connectivity index (χ1v) is 12.9. The molecule has 1 aliphatic heterocycles. The van der Waals surface area contributed by atoms with E-state index in [2.05, 4.69) is 10.6 Å². The Labute approximate surface area is 221 Å². The first-order valence-electron chi connectivity index (χ1n) is 12.9. The summed E-state index contributed by atoms with van der Waals surface area (Å²) in [6.45, 7) is 9.65. The first-order chi connectivity index (χ1) is 17.7. The molecule has 2 fully saturated rings. The van der Waals surface area contributed by atoms with E-state index in [-0.39, 0.29) is 24.6 Å². The van der Waals surface area contributed by atoms with Crippen molar-refractivity contribution in [3.8, 4) is 0 Å². The molecule has 8 nitrogen and oxygen atoms in total. The molecule has 2 N–H and O–H groups in total. The summed E-state index contributed by atoms with van der Waals surface area (Å²) in [6.07, 6.45) is -3.56. The molecule has 212 valence electrons. The van der Waals surface area contributed by atoms with Crippen LogP contribution in [-0.2, 0) is 30.0 Å². The van der Waals surface area contributed by atoms with Crippen LogP contribution in [0.1, 0.15) is 59.4 Å². The Morgan fingerprint density at radius 3 is 2.39 bits per heavy atom. The Balaban J connectivity index is 1.88. The second-order valence-electron chi connectivity index (χ2n) is 11.1. The number of nitrogens with zero attached hydrogens (tertiary/aromatic N) is 1. The summed E-state index contributed by atoms with van der Waals surface area (Å²) in [5.74, 6) is -1.49. The van der Waals surface area contributed by atoms with Crippen LogP contribution < -0.4 is 10.6 Å². The molecule has 1 heterocycles. The molecule has 2 amide bonds.